The Hall–Kier alpha value is -2.30. The highest BCUT2D eigenvalue weighted by Crippen LogP contribution is 2.16. The van der Waals surface area contributed by atoms with E-state index in [2.05, 4.69) is 27.4 Å². The van der Waals surface area contributed by atoms with Crippen LogP contribution in [0.1, 0.15) is 18.5 Å². The van der Waals surface area contributed by atoms with Gasteiger partial charge in [0.2, 0.25) is 5.91 Å². The zero-order valence-corrected chi connectivity index (χ0v) is 12.0. The zero-order valence-electron chi connectivity index (χ0n) is 12.0. The summed E-state index contributed by atoms with van der Waals surface area (Å²) in [6, 6.07) is 10.5. The van der Waals surface area contributed by atoms with E-state index in [1.54, 1.807) is 12.5 Å². The number of hydrogen-bond donors (Lipinski definition) is 2. The number of aryl methyl sites for hydroxylation is 1. The molecule has 5 heteroatoms. The third-order valence-corrected chi connectivity index (χ3v) is 3.85. The fraction of sp³-hybridized carbons (Fsp3) is 0.375. The monoisotopic (exact) mass is 284 g/mol. The SMILES string of the molecule is O=C(CCc1cnc[nH]1)N1CC[C@@H](Nc2ccccc2)C1. The second-order valence-electron chi connectivity index (χ2n) is 5.41. The van der Waals surface area contributed by atoms with Gasteiger partial charge in [-0.15, -0.1) is 0 Å². The van der Waals surface area contributed by atoms with Crippen LogP contribution in [0.3, 0.4) is 0 Å². The summed E-state index contributed by atoms with van der Waals surface area (Å²) < 4.78 is 0. The van der Waals surface area contributed by atoms with Crippen molar-refractivity contribution in [2.75, 3.05) is 18.4 Å². The number of amides is 1. The van der Waals surface area contributed by atoms with Crippen LogP contribution in [-0.2, 0) is 11.2 Å². The lowest BCUT2D eigenvalue weighted by atomic mass is 10.2. The van der Waals surface area contributed by atoms with Gasteiger partial charge in [0.1, 0.15) is 0 Å². The Kier molecular flexibility index (Phi) is 4.19. The van der Waals surface area contributed by atoms with Gasteiger partial charge in [-0.3, -0.25) is 4.79 Å². The molecule has 0 unspecified atom stereocenters. The number of carbonyl (C=O) groups is 1. The van der Waals surface area contributed by atoms with Gasteiger partial charge in [0.25, 0.3) is 0 Å². The second kappa shape index (κ2) is 6.43. The lowest BCUT2D eigenvalue weighted by Gasteiger charge is -2.17. The van der Waals surface area contributed by atoms with Crippen molar-refractivity contribution in [3.63, 3.8) is 0 Å². The lowest BCUT2D eigenvalue weighted by Crippen LogP contribution is -2.31. The predicted octanol–water partition coefficient (Wildman–Crippen LogP) is 2.06. The standard InChI is InChI=1S/C16H20N4O/c21-16(7-6-14-10-17-12-18-14)20-9-8-15(11-20)19-13-4-2-1-3-5-13/h1-5,10,12,15,19H,6-9,11H2,(H,17,18)/t15-/m1/s1. The van der Waals surface area contributed by atoms with E-state index in [0.29, 0.717) is 12.5 Å². The molecule has 0 bridgehead atoms. The van der Waals surface area contributed by atoms with E-state index >= 15 is 0 Å². The summed E-state index contributed by atoms with van der Waals surface area (Å²) in [7, 11) is 0. The maximum absolute atomic E-state index is 12.2. The van der Waals surface area contributed by atoms with Crippen LogP contribution >= 0.6 is 0 Å². The van der Waals surface area contributed by atoms with Gasteiger partial charge in [-0.1, -0.05) is 18.2 Å². The van der Waals surface area contributed by atoms with Gasteiger partial charge in [0.15, 0.2) is 0 Å². The largest absolute Gasteiger partial charge is 0.380 e. The topological polar surface area (TPSA) is 61.0 Å². The molecule has 2 heterocycles. The number of carbonyl (C=O) groups excluding carboxylic acids is 1. The van der Waals surface area contributed by atoms with Crippen molar-refractivity contribution >= 4 is 11.6 Å². The minimum Gasteiger partial charge on any atom is -0.380 e. The fourth-order valence-electron chi connectivity index (χ4n) is 2.70. The quantitative estimate of drug-likeness (QED) is 0.883. The number of hydrogen-bond acceptors (Lipinski definition) is 3. The molecule has 2 N–H and O–H groups in total. The van der Waals surface area contributed by atoms with Crippen molar-refractivity contribution in [2.24, 2.45) is 0 Å². The number of rotatable bonds is 5. The van der Waals surface area contributed by atoms with Crippen LogP contribution in [-0.4, -0.2) is 39.9 Å². The van der Waals surface area contributed by atoms with Gasteiger partial charge in [0.05, 0.1) is 6.33 Å². The van der Waals surface area contributed by atoms with E-state index in [4.69, 9.17) is 0 Å². The van der Waals surface area contributed by atoms with Crippen molar-refractivity contribution in [2.45, 2.75) is 25.3 Å². The summed E-state index contributed by atoms with van der Waals surface area (Å²) in [4.78, 5) is 21.2. The number of aromatic nitrogens is 2. The first kappa shape index (κ1) is 13.7. The Morgan fingerprint density at radius 3 is 3.00 bits per heavy atom. The van der Waals surface area contributed by atoms with Crippen molar-refractivity contribution < 1.29 is 4.79 Å². The molecule has 1 saturated heterocycles. The Labute approximate surface area is 124 Å². The Bertz CT molecular complexity index is 567. The molecule has 1 aromatic carbocycles. The average molecular weight is 284 g/mol. The molecule has 1 atom stereocenters. The van der Waals surface area contributed by atoms with Gasteiger partial charge in [0, 0.05) is 43.1 Å². The van der Waals surface area contributed by atoms with Crippen LogP contribution in [0, 0.1) is 0 Å². The molecule has 1 aliphatic heterocycles. The van der Waals surface area contributed by atoms with Crippen LogP contribution in [0.25, 0.3) is 0 Å². The molecule has 0 saturated carbocycles. The molecular formula is C16H20N4O. The Morgan fingerprint density at radius 1 is 1.38 bits per heavy atom. The van der Waals surface area contributed by atoms with E-state index < -0.39 is 0 Å². The summed E-state index contributed by atoms with van der Waals surface area (Å²) in [6.45, 7) is 1.63. The zero-order chi connectivity index (χ0) is 14.5. The first-order valence-electron chi connectivity index (χ1n) is 7.38. The highest BCUT2D eigenvalue weighted by molar-refractivity contribution is 5.76. The van der Waals surface area contributed by atoms with Crippen molar-refractivity contribution in [1.29, 1.82) is 0 Å². The maximum Gasteiger partial charge on any atom is 0.223 e. The first-order valence-corrected chi connectivity index (χ1v) is 7.38. The van der Waals surface area contributed by atoms with E-state index in [1.807, 2.05) is 23.1 Å². The Balaban J connectivity index is 1.46. The number of likely N-dealkylation sites (tertiary alicyclic amines) is 1. The molecule has 2 aromatic rings. The van der Waals surface area contributed by atoms with Crippen LogP contribution in [0.5, 0.6) is 0 Å². The van der Waals surface area contributed by atoms with Crippen molar-refractivity contribution in [3.05, 3.63) is 48.5 Å². The molecule has 1 amide bonds. The molecule has 21 heavy (non-hydrogen) atoms. The summed E-state index contributed by atoms with van der Waals surface area (Å²) in [6.07, 6.45) is 5.70. The molecule has 1 fully saturated rings. The third-order valence-electron chi connectivity index (χ3n) is 3.85. The summed E-state index contributed by atoms with van der Waals surface area (Å²) in [5.74, 6) is 0.224. The molecule has 1 aliphatic rings. The number of para-hydroxylation sites is 1. The van der Waals surface area contributed by atoms with E-state index in [9.17, 15) is 4.79 Å². The molecule has 3 rings (SSSR count). The highest BCUT2D eigenvalue weighted by atomic mass is 16.2. The predicted molar refractivity (Wildman–Crippen MR) is 82.0 cm³/mol. The first-order chi connectivity index (χ1) is 10.3. The number of H-pyrrole nitrogens is 1. The minimum absolute atomic E-state index is 0.224. The lowest BCUT2D eigenvalue weighted by molar-refractivity contribution is -0.130. The molecule has 1 aromatic heterocycles. The Morgan fingerprint density at radius 2 is 2.24 bits per heavy atom. The van der Waals surface area contributed by atoms with Crippen LogP contribution < -0.4 is 5.32 Å². The molecule has 110 valence electrons. The van der Waals surface area contributed by atoms with Crippen LogP contribution in [0.4, 0.5) is 5.69 Å². The molecular weight excluding hydrogens is 264 g/mol. The van der Waals surface area contributed by atoms with Crippen molar-refractivity contribution in [3.8, 4) is 0 Å². The smallest absolute Gasteiger partial charge is 0.223 e. The van der Waals surface area contributed by atoms with Crippen LogP contribution in [0.15, 0.2) is 42.9 Å². The van der Waals surface area contributed by atoms with Gasteiger partial charge < -0.3 is 15.2 Å². The third kappa shape index (κ3) is 3.62. The number of imidazole rings is 1. The highest BCUT2D eigenvalue weighted by Gasteiger charge is 2.25. The molecule has 0 spiro atoms. The maximum atomic E-state index is 12.2. The van der Waals surface area contributed by atoms with Gasteiger partial charge in [-0.25, -0.2) is 4.98 Å². The van der Waals surface area contributed by atoms with Gasteiger partial charge in [-0.05, 0) is 25.0 Å². The number of nitrogens with zero attached hydrogens (tertiary/aromatic N) is 2. The van der Waals surface area contributed by atoms with E-state index in [0.717, 1.165) is 37.3 Å². The average Bonchev–Trinajstić information content (AvgIpc) is 3.17. The number of aromatic amines is 1. The molecule has 0 aliphatic carbocycles. The number of nitrogens with one attached hydrogen (secondary N) is 2. The minimum atomic E-state index is 0.224. The van der Waals surface area contributed by atoms with Crippen molar-refractivity contribution in [1.82, 2.24) is 14.9 Å². The number of benzene rings is 1. The number of anilines is 1. The fourth-order valence-corrected chi connectivity index (χ4v) is 2.70. The van der Waals surface area contributed by atoms with E-state index in [-0.39, 0.29) is 5.91 Å². The second-order valence-corrected chi connectivity index (χ2v) is 5.41. The summed E-state index contributed by atoms with van der Waals surface area (Å²) in [5.41, 5.74) is 2.13. The van der Waals surface area contributed by atoms with E-state index in [1.165, 1.54) is 0 Å². The normalized spacial score (nSPS) is 17.9. The van der Waals surface area contributed by atoms with Gasteiger partial charge >= 0.3 is 0 Å². The van der Waals surface area contributed by atoms with Gasteiger partial charge in [-0.2, -0.15) is 0 Å². The van der Waals surface area contributed by atoms with Crippen LogP contribution in [0.2, 0.25) is 0 Å². The summed E-state index contributed by atoms with van der Waals surface area (Å²) >= 11 is 0. The molecule has 0 radical (unpaired) electrons. The molecule has 5 nitrogen and oxygen atoms in total. The summed E-state index contributed by atoms with van der Waals surface area (Å²) in [5, 5.41) is 3.49.